The number of benzene rings is 1. The first kappa shape index (κ1) is 27.7. The predicted molar refractivity (Wildman–Crippen MR) is 110 cm³/mol. The first-order valence-electron chi connectivity index (χ1n) is 8.91. The zero-order chi connectivity index (χ0) is 20.4. The maximum Gasteiger partial charge on any atom is 0.253 e. The van der Waals surface area contributed by atoms with Gasteiger partial charge in [-0.1, -0.05) is 69.2 Å². The van der Waals surface area contributed by atoms with E-state index in [4.69, 9.17) is 0 Å². The molecule has 0 saturated heterocycles. The molecule has 0 atom stereocenters. The van der Waals surface area contributed by atoms with Gasteiger partial charge in [-0.05, 0) is 33.3 Å². The molecule has 0 bridgehead atoms. The van der Waals surface area contributed by atoms with E-state index in [2.05, 4.69) is 6.58 Å². The van der Waals surface area contributed by atoms with Crippen LogP contribution in [-0.2, 0) is 16.1 Å². The monoisotopic (exact) mass is 347 g/mol. The van der Waals surface area contributed by atoms with E-state index < -0.39 is 0 Å². The Balaban J connectivity index is -0.000000605. The SMILES string of the molecule is C=CC.CC.CC.CC(=O)N(Cc1ccc(C)cc1)C(=O)C=C(C)C. The van der Waals surface area contributed by atoms with Crippen LogP contribution in [0, 0.1) is 6.92 Å². The van der Waals surface area contributed by atoms with Crippen LogP contribution in [0.15, 0.2) is 48.6 Å². The highest BCUT2D eigenvalue weighted by Crippen LogP contribution is 2.08. The molecule has 0 fully saturated rings. The minimum atomic E-state index is -0.261. The zero-order valence-electron chi connectivity index (χ0n) is 17.6. The van der Waals surface area contributed by atoms with E-state index >= 15 is 0 Å². The Morgan fingerprint density at radius 3 is 1.72 bits per heavy atom. The van der Waals surface area contributed by atoms with Gasteiger partial charge in [-0.3, -0.25) is 14.5 Å². The quantitative estimate of drug-likeness (QED) is 0.491. The summed E-state index contributed by atoms with van der Waals surface area (Å²) < 4.78 is 0. The van der Waals surface area contributed by atoms with E-state index in [1.807, 2.05) is 79.7 Å². The van der Waals surface area contributed by atoms with Crippen LogP contribution < -0.4 is 0 Å². The smallest absolute Gasteiger partial charge is 0.253 e. The summed E-state index contributed by atoms with van der Waals surface area (Å²) in [5.41, 5.74) is 2.99. The number of aryl methyl sites for hydroxylation is 1. The number of hydrogen-bond acceptors (Lipinski definition) is 2. The Morgan fingerprint density at radius 2 is 1.40 bits per heavy atom. The second-order valence-corrected chi connectivity index (χ2v) is 5.06. The van der Waals surface area contributed by atoms with Gasteiger partial charge in [0.2, 0.25) is 5.91 Å². The van der Waals surface area contributed by atoms with Gasteiger partial charge in [0.25, 0.3) is 5.91 Å². The third-order valence-electron chi connectivity index (χ3n) is 2.52. The molecule has 0 heterocycles. The third kappa shape index (κ3) is 15.1. The van der Waals surface area contributed by atoms with Crippen LogP contribution in [0.2, 0.25) is 0 Å². The molecule has 0 aliphatic rings. The number of nitrogens with zero attached hydrogens (tertiary/aromatic N) is 1. The fourth-order valence-corrected chi connectivity index (χ4v) is 1.55. The average Bonchev–Trinajstić information content (AvgIpc) is 2.57. The molecule has 0 aliphatic heterocycles. The van der Waals surface area contributed by atoms with Crippen molar-refractivity contribution >= 4 is 11.8 Å². The Hall–Kier alpha value is -2.16. The van der Waals surface area contributed by atoms with Gasteiger partial charge in [-0.2, -0.15) is 0 Å². The third-order valence-corrected chi connectivity index (χ3v) is 2.52. The Kier molecular flexibility index (Phi) is 20.1. The van der Waals surface area contributed by atoms with Gasteiger partial charge < -0.3 is 0 Å². The molecule has 142 valence electrons. The van der Waals surface area contributed by atoms with E-state index in [9.17, 15) is 9.59 Å². The van der Waals surface area contributed by atoms with Crippen LogP contribution >= 0.6 is 0 Å². The van der Waals surface area contributed by atoms with Crippen LogP contribution in [0.5, 0.6) is 0 Å². The van der Waals surface area contributed by atoms with Crippen molar-refractivity contribution in [3.8, 4) is 0 Å². The maximum absolute atomic E-state index is 11.9. The molecular weight excluding hydrogens is 310 g/mol. The number of amides is 2. The van der Waals surface area contributed by atoms with E-state index in [1.165, 1.54) is 17.9 Å². The number of carbonyl (C=O) groups excluding carboxylic acids is 2. The Bertz CT molecular complexity index is 509. The Labute approximate surface area is 155 Å². The highest BCUT2D eigenvalue weighted by molar-refractivity contribution is 6.00. The van der Waals surface area contributed by atoms with Crippen LogP contribution in [0.1, 0.15) is 66.5 Å². The zero-order valence-corrected chi connectivity index (χ0v) is 17.6. The summed E-state index contributed by atoms with van der Waals surface area (Å²) in [7, 11) is 0. The summed E-state index contributed by atoms with van der Waals surface area (Å²) in [4.78, 5) is 24.7. The molecule has 0 aliphatic carbocycles. The lowest BCUT2D eigenvalue weighted by atomic mass is 10.1. The first-order chi connectivity index (χ1) is 11.8. The van der Waals surface area contributed by atoms with Crippen molar-refractivity contribution in [2.24, 2.45) is 0 Å². The maximum atomic E-state index is 11.9. The second-order valence-electron chi connectivity index (χ2n) is 5.06. The molecule has 1 aromatic rings. The number of imide groups is 1. The van der Waals surface area contributed by atoms with Crippen LogP contribution in [0.4, 0.5) is 0 Å². The van der Waals surface area contributed by atoms with E-state index in [0.717, 1.165) is 16.7 Å². The van der Waals surface area contributed by atoms with Gasteiger partial charge >= 0.3 is 0 Å². The topological polar surface area (TPSA) is 37.4 Å². The van der Waals surface area contributed by atoms with Crippen molar-refractivity contribution in [3.05, 3.63) is 59.7 Å². The molecule has 0 spiro atoms. The number of hydrogen-bond donors (Lipinski definition) is 0. The van der Waals surface area contributed by atoms with Gasteiger partial charge in [-0.25, -0.2) is 0 Å². The molecule has 25 heavy (non-hydrogen) atoms. The molecule has 0 saturated carbocycles. The molecule has 0 N–H and O–H groups in total. The highest BCUT2D eigenvalue weighted by Gasteiger charge is 2.15. The van der Waals surface area contributed by atoms with Gasteiger partial charge in [0.1, 0.15) is 0 Å². The normalized spacial score (nSPS) is 8.04. The number of allylic oxidation sites excluding steroid dienone is 2. The lowest BCUT2D eigenvalue weighted by molar-refractivity contribution is -0.141. The fourth-order valence-electron chi connectivity index (χ4n) is 1.55. The van der Waals surface area contributed by atoms with E-state index in [0.29, 0.717) is 6.54 Å². The summed E-state index contributed by atoms with van der Waals surface area (Å²) in [5.74, 6) is -0.499. The average molecular weight is 348 g/mol. The van der Waals surface area contributed by atoms with E-state index in [1.54, 1.807) is 6.08 Å². The number of rotatable bonds is 3. The summed E-state index contributed by atoms with van der Waals surface area (Å²) in [6, 6.07) is 7.81. The minimum Gasteiger partial charge on any atom is -0.275 e. The van der Waals surface area contributed by atoms with Crippen molar-refractivity contribution in [2.75, 3.05) is 0 Å². The molecule has 3 nitrogen and oxygen atoms in total. The van der Waals surface area contributed by atoms with Gasteiger partial charge in [0.05, 0.1) is 6.54 Å². The molecular formula is C22H37NO2. The first-order valence-corrected chi connectivity index (χ1v) is 8.91. The highest BCUT2D eigenvalue weighted by atomic mass is 16.2. The molecule has 1 aromatic carbocycles. The molecule has 0 aromatic heterocycles. The standard InChI is InChI=1S/C15H19NO2.C3H6.2C2H6/c1-11(2)9-15(18)16(13(4)17)10-14-7-5-12(3)6-8-14;1-3-2;2*1-2/h5-9H,10H2,1-4H3;3H,1H2,2H3;2*1-2H3. The summed E-state index contributed by atoms with van der Waals surface area (Å²) in [5, 5.41) is 0. The lowest BCUT2D eigenvalue weighted by Crippen LogP contribution is -2.33. The van der Waals surface area contributed by atoms with Crippen molar-refractivity contribution < 1.29 is 9.59 Å². The van der Waals surface area contributed by atoms with Crippen LogP contribution in [0.3, 0.4) is 0 Å². The number of carbonyl (C=O) groups is 2. The minimum absolute atomic E-state index is 0.238. The van der Waals surface area contributed by atoms with Gasteiger partial charge in [-0.15, -0.1) is 6.58 Å². The summed E-state index contributed by atoms with van der Waals surface area (Å²) in [6.45, 7) is 20.6. The van der Waals surface area contributed by atoms with Crippen LogP contribution in [-0.4, -0.2) is 16.7 Å². The molecule has 0 radical (unpaired) electrons. The molecule has 2 amide bonds. The summed E-state index contributed by atoms with van der Waals surface area (Å²) in [6.07, 6.45) is 3.23. The van der Waals surface area contributed by atoms with Crippen molar-refractivity contribution in [2.45, 2.75) is 68.9 Å². The van der Waals surface area contributed by atoms with Crippen molar-refractivity contribution in [1.29, 1.82) is 0 Å². The molecule has 3 heteroatoms. The second kappa shape index (κ2) is 18.2. The summed E-state index contributed by atoms with van der Waals surface area (Å²) >= 11 is 0. The Morgan fingerprint density at radius 1 is 1.00 bits per heavy atom. The van der Waals surface area contributed by atoms with Crippen molar-refractivity contribution in [3.63, 3.8) is 0 Å². The van der Waals surface area contributed by atoms with E-state index in [-0.39, 0.29) is 11.8 Å². The predicted octanol–water partition coefficient (Wildman–Crippen LogP) is 6.08. The van der Waals surface area contributed by atoms with Gasteiger partial charge in [0.15, 0.2) is 0 Å². The fraction of sp³-hybridized carbons (Fsp3) is 0.455. The molecule has 0 unspecified atom stereocenters. The largest absolute Gasteiger partial charge is 0.275 e. The lowest BCUT2D eigenvalue weighted by Gasteiger charge is -2.17. The van der Waals surface area contributed by atoms with Crippen LogP contribution in [0.25, 0.3) is 0 Å². The van der Waals surface area contributed by atoms with Crippen molar-refractivity contribution in [1.82, 2.24) is 4.90 Å². The van der Waals surface area contributed by atoms with Gasteiger partial charge in [0, 0.05) is 13.0 Å². The molecule has 1 rings (SSSR count).